The van der Waals surface area contributed by atoms with Gasteiger partial charge in [-0.25, -0.2) is 0 Å². The molecular weight excluding hydrogens is 306 g/mol. The van der Waals surface area contributed by atoms with E-state index in [4.69, 9.17) is 5.11 Å². The Morgan fingerprint density at radius 1 is 1.33 bits per heavy atom. The number of carbonyl (C=O) groups is 2. The number of thioether (sulfide) groups is 1. The molecule has 0 saturated heterocycles. The number of nitrogens with one attached hydrogen (secondary N) is 1. The Labute approximate surface area is 133 Å². The Bertz CT molecular complexity index is 467. The van der Waals surface area contributed by atoms with Crippen LogP contribution in [0.25, 0.3) is 0 Å². The summed E-state index contributed by atoms with van der Waals surface area (Å²) < 4.78 is 1.13. The number of aliphatic carboxylic acids is 1. The van der Waals surface area contributed by atoms with Crippen molar-refractivity contribution in [2.45, 2.75) is 42.7 Å². The van der Waals surface area contributed by atoms with Gasteiger partial charge in [0.2, 0.25) is 5.91 Å². The number of carbonyl (C=O) groups excluding carboxylic acids is 1. The van der Waals surface area contributed by atoms with Gasteiger partial charge in [-0.1, -0.05) is 25.3 Å². The number of thiophene rings is 1. The van der Waals surface area contributed by atoms with E-state index in [1.165, 1.54) is 18.2 Å². The van der Waals surface area contributed by atoms with Crippen LogP contribution in [0.4, 0.5) is 0 Å². The first-order chi connectivity index (χ1) is 10.1. The van der Waals surface area contributed by atoms with Gasteiger partial charge in [0, 0.05) is 6.54 Å². The number of carboxylic acid groups (broad SMARTS) is 1. The lowest BCUT2D eigenvalue weighted by Gasteiger charge is -2.36. The van der Waals surface area contributed by atoms with Gasteiger partial charge in [0.25, 0.3) is 0 Å². The predicted octanol–water partition coefficient (Wildman–Crippen LogP) is 3.38. The Kier molecular flexibility index (Phi) is 6.11. The number of rotatable bonds is 7. The maximum atomic E-state index is 11.9. The van der Waals surface area contributed by atoms with E-state index >= 15 is 0 Å². The van der Waals surface area contributed by atoms with Gasteiger partial charge in [-0.15, -0.1) is 23.1 Å². The maximum absolute atomic E-state index is 11.9. The average Bonchev–Trinajstić information content (AvgIpc) is 2.96. The maximum Gasteiger partial charge on any atom is 0.303 e. The van der Waals surface area contributed by atoms with Crippen LogP contribution >= 0.6 is 23.1 Å². The predicted molar refractivity (Wildman–Crippen MR) is 85.8 cm³/mol. The van der Waals surface area contributed by atoms with Crippen molar-refractivity contribution in [1.82, 2.24) is 5.32 Å². The standard InChI is InChI=1S/C15H21NO3S2/c17-12(10-21-14-5-4-8-20-14)16-11-15(9-13(18)19)6-2-1-3-7-15/h4-5,8H,1-3,6-7,9-11H2,(H,16,17)(H,18,19). The van der Waals surface area contributed by atoms with Crippen LogP contribution in [0.2, 0.25) is 0 Å². The van der Waals surface area contributed by atoms with Gasteiger partial charge in [0.05, 0.1) is 16.4 Å². The number of carboxylic acids is 1. The molecule has 1 aliphatic rings. The van der Waals surface area contributed by atoms with E-state index in [1.54, 1.807) is 11.3 Å². The van der Waals surface area contributed by atoms with Crippen molar-refractivity contribution in [1.29, 1.82) is 0 Å². The molecule has 1 aliphatic carbocycles. The summed E-state index contributed by atoms with van der Waals surface area (Å²) in [6.07, 6.45) is 5.25. The molecule has 2 rings (SSSR count). The van der Waals surface area contributed by atoms with Crippen LogP contribution < -0.4 is 5.32 Å². The molecule has 0 radical (unpaired) electrons. The van der Waals surface area contributed by atoms with Gasteiger partial charge >= 0.3 is 5.97 Å². The first-order valence-corrected chi connectivity index (χ1v) is 9.11. The van der Waals surface area contributed by atoms with Crippen LogP contribution in [-0.4, -0.2) is 29.3 Å². The van der Waals surface area contributed by atoms with E-state index in [0.717, 1.165) is 29.9 Å². The van der Waals surface area contributed by atoms with E-state index < -0.39 is 5.97 Å². The minimum atomic E-state index is -0.765. The summed E-state index contributed by atoms with van der Waals surface area (Å²) in [5, 5.41) is 14.0. The zero-order valence-electron chi connectivity index (χ0n) is 12.0. The molecule has 21 heavy (non-hydrogen) atoms. The number of amides is 1. The molecule has 0 atom stereocenters. The van der Waals surface area contributed by atoms with Crippen molar-refractivity contribution < 1.29 is 14.7 Å². The highest BCUT2D eigenvalue weighted by molar-refractivity contribution is 8.01. The molecule has 1 aromatic heterocycles. The quantitative estimate of drug-likeness (QED) is 0.754. The molecule has 0 unspecified atom stereocenters. The second-order valence-corrected chi connectivity index (χ2v) is 7.85. The zero-order chi connectivity index (χ0) is 15.1. The highest BCUT2D eigenvalue weighted by atomic mass is 32.2. The summed E-state index contributed by atoms with van der Waals surface area (Å²) in [7, 11) is 0. The van der Waals surface area contributed by atoms with Gasteiger partial charge in [-0.3, -0.25) is 9.59 Å². The summed E-state index contributed by atoms with van der Waals surface area (Å²) in [6, 6.07) is 3.96. The highest BCUT2D eigenvalue weighted by Gasteiger charge is 2.34. The van der Waals surface area contributed by atoms with Crippen molar-refractivity contribution >= 4 is 35.0 Å². The summed E-state index contributed by atoms with van der Waals surface area (Å²) in [5.74, 6) is -0.383. The zero-order valence-corrected chi connectivity index (χ0v) is 13.6. The summed E-state index contributed by atoms with van der Waals surface area (Å²) in [5.41, 5.74) is -0.243. The fourth-order valence-electron chi connectivity index (χ4n) is 2.86. The van der Waals surface area contributed by atoms with Crippen LogP contribution in [-0.2, 0) is 9.59 Å². The topological polar surface area (TPSA) is 66.4 Å². The Morgan fingerprint density at radius 3 is 2.71 bits per heavy atom. The monoisotopic (exact) mass is 327 g/mol. The van der Waals surface area contributed by atoms with Crippen LogP contribution in [0.1, 0.15) is 38.5 Å². The van der Waals surface area contributed by atoms with Crippen LogP contribution in [0.5, 0.6) is 0 Å². The van der Waals surface area contributed by atoms with Crippen molar-refractivity contribution in [3.63, 3.8) is 0 Å². The molecule has 1 fully saturated rings. The Morgan fingerprint density at radius 2 is 2.10 bits per heavy atom. The van der Waals surface area contributed by atoms with E-state index in [1.807, 2.05) is 17.5 Å². The second-order valence-electron chi connectivity index (χ2n) is 5.63. The molecule has 1 saturated carbocycles. The lowest BCUT2D eigenvalue weighted by atomic mass is 9.71. The largest absolute Gasteiger partial charge is 0.481 e. The van der Waals surface area contributed by atoms with Gasteiger partial charge in [0.15, 0.2) is 0 Å². The molecule has 0 aliphatic heterocycles. The van der Waals surface area contributed by atoms with E-state index in [0.29, 0.717) is 12.3 Å². The van der Waals surface area contributed by atoms with E-state index in [-0.39, 0.29) is 17.7 Å². The molecule has 116 valence electrons. The summed E-state index contributed by atoms with van der Waals surface area (Å²) >= 11 is 3.15. The van der Waals surface area contributed by atoms with E-state index in [9.17, 15) is 9.59 Å². The van der Waals surface area contributed by atoms with Crippen LogP contribution in [0.15, 0.2) is 21.7 Å². The normalized spacial score (nSPS) is 17.3. The minimum absolute atomic E-state index is 0.0104. The van der Waals surface area contributed by atoms with Crippen molar-refractivity contribution in [2.24, 2.45) is 5.41 Å². The lowest BCUT2D eigenvalue weighted by Crippen LogP contribution is -2.41. The number of hydrogen-bond acceptors (Lipinski definition) is 4. The number of hydrogen-bond donors (Lipinski definition) is 2. The molecule has 0 bridgehead atoms. The van der Waals surface area contributed by atoms with Crippen LogP contribution in [0, 0.1) is 5.41 Å². The molecule has 0 aromatic carbocycles. The molecular formula is C15H21NO3S2. The Hall–Kier alpha value is -1.01. The molecule has 2 N–H and O–H groups in total. The molecule has 1 amide bonds. The second kappa shape index (κ2) is 7.84. The van der Waals surface area contributed by atoms with Gasteiger partial charge < -0.3 is 10.4 Å². The third-order valence-corrected chi connectivity index (χ3v) is 6.07. The van der Waals surface area contributed by atoms with Gasteiger partial charge in [-0.05, 0) is 29.7 Å². The fraction of sp³-hybridized carbons (Fsp3) is 0.600. The third-order valence-electron chi connectivity index (χ3n) is 3.94. The van der Waals surface area contributed by atoms with E-state index in [2.05, 4.69) is 5.32 Å². The highest BCUT2D eigenvalue weighted by Crippen LogP contribution is 2.38. The lowest BCUT2D eigenvalue weighted by molar-refractivity contribution is -0.140. The minimum Gasteiger partial charge on any atom is -0.481 e. The molecule has 1 aromatic rings. The smallest absolute Gasteiger partial charge is 0.303 e. The summed E-state index contributed by atoms with van der Waals surface area (Å²) in [4.78, 5) is 23.0. The first-order valence-electron chi connectivity index (χ1n) is 7.24. The summed E-state index contributed by atoms with van der Waals surface area (Å²) in [6.45, 7) is 0.489. The SMILES string of the molecule is O=C(O)CC1(CNC(=O)CSc2cccs2)CCCCC1. The molecule has 4 nitrogen and oxygen atoms in total. The Balaban J connectivity index is 1.80. The van der Waals surface area contributed by atoms with Gasteiger partial charge in [-0.2, -0.15) is 0 Å². The first kappa shape index (κ1) is 16.4. The van der Waals surface area contributed by atoms with Crippen molar-refractivity contribution in [3.8, 4) is 0 Å². The van der Waals surface area contributed by atoms with Crippen molar-refractivity contribution in [3.05, 3.63) is 17.5 Å². The van der Waals surface area contributed by atoms with Crippen LogP contribution in [0.3, 0.4) is 0 Å². The van der Waals surface area contributed by atoms with Gasteiger partial charge in [0.1, 0.15) is 0 Å². The molecule has 1 heterocycles. The molecule has 0 spiro atoms. The average molecular weight is 327 g/mol. The van der Waals surface area contributed by atoms with Crippen molar-refractivity contribution in [2.75, 3.05) is 12.3 Å². The molecule has 6 heteroatoms. The third kappa shape index (κ3) is 5.36. The fourth-order valence-corrected chi connectivity index (χ4v) is 4.47.